The zero-order valence-electron chi connectivity index (χ0n) is 12.4. The van der Waals surface area contributed by atoms with E-state index in [-0.39, 0.29) is 11.3 Å². The molecule has 0 bridgehead atoms. The number of amides is 1. The zero-order chi connectivity index (χ0) is 16.1. The Hall–Kier alpha value is -2.76. The first kappa shape index (κ1) is 15.6. The Balaban J connectivity index is 1.94. The topological polar surface area (TPSA) is 88.8 Å². The summed E-state index contributed by atoms with van der Waals surface area (Å²) in [5, 5.41) is 11.5. The highest BCUT2D eigenvalue weighted by Crippen LogP contribution is 2.19. The van der Waals surface area contributed by atoms with Crippen molar-refractivity contribution in [3.05, 3.63) is 53.0 Å². The predicted molar refractivity (Wildman–Crippen MR) is 79.4 cm³/mol. The molecule has 0 aliphatic rings. The van der Waals surface area contributed by atoms with Crippen molar-refractivity contribution in [3.63, 3.8) is 0 Å². The van der Waals surface area contributed by atoms with E-state index < -0.39 is 11.9 Å². The van der Waals surface area contributed by atoms with E-state index >= 15 is 0 Å². The lowest BCUT2D eigenvalue weighted by atomic mass is 10.1. The number of nitrogens with one attached hydrogen (secondary N) is 1. The third-order valence-corrected chi connectivity index (χ3v) is 3.19. The normalized spacial score (nSPS) is 10.3. The zero-order valence-corrected chi connectivity index (χ0v) is 12.4. The molecule has 0 fully saturated rings. The lowest BCUT2D eigenvalue weighted by molar-refractivity contribution is 0.0696. The molecule has 0 unspecified atom stereocenters. The number of aromatic carboxylic acids is 1. The number of aryl methyl sites for hydroxylation is 1. The van der Waals surface area contributed by atoms with Gasteiger partial charge in [-0.3, -0.25) is 4.79 Å². The van der Waals surface area contributed by atoms with Crippen molar-refractivity contribution in [2.45, 2.75) is 13.3 Å². The van der Waals surface area contributed by atoms with Crippen LogP contribution in [-0.4, -0.2) is 30.6 Å². The lowest BCUT2D eigenvalue weighted by Gasteiger charge is -2.09. The summed E-state index contributed by atoms with van der Waals surface area (Å²) in [6, 6.07) is 7.04. The van der Waals surface area contributed by atoms with Gasteiger partial charge in [0, 0.05) is 12.6 Å². The molecule has 2 aromatic rings. The fraction of sp³-hybridized carbons (Fsp3) is 0.250. The number of furan rings is 1. The molecule has 0 aliphatic heterocycles. The first-order valence-corrected chi connectivity index (χ1v) is 6.75. The number of carbonyl (C=O) groups excluding carboxylic acids is 1. The number of methoxy groups -OCH3 is 1. The molecule has 1 aromatic heterocycles. The average Bonchev–Trinajstić information content (AvgIpc) is 2.97. The van der Waals surface area contributed by atoms with Crippen LogP contribution in [0.4, 0.5) is 0 Å². The van der Waals surface area contributed by atoms with E-state index in [0.29, 0.717) is 13.0 Å². The Labute approximate surface area is 127 Å². The molecule has 0 spiro atoms. The summed E-state index contributed by atoms with van der Waals surface area (Å²) < 4.78 is 10.2. The molecule has 2 N–H and O–H groups in total. The maximum atomic E-state index is 11.9. The second-order valence-corrected chi connectivity index (χ2v) is 4.83. The first-order chi connectivity index (χ1) is 10.5. The highest BCUT2D eigenvalue weighted by molar-refractivity contribution is 5.95. The van der Waals surface area contributed by atoms with Gasteiger partial charge in [0.15, 0.2) is 5.76 Å². The minimum absolute atomic E-state index is 0.0198. The van der Waals surface area contributed by atoms with Gasteiger partial charge in [0.2, 0.25) is 0 Å². The van der Waals surface area contributed by atoms with E-state index in [0.717, 1.165) is 23.1 Å². The number of carbonyl (C=O) groups is 2. The van der Waals surface area contributed by atoms with Gasteiger partial charge in [-0.1, -0.05) is 17.7 Å². The number of hydrogen-bond acceptors (Lipinski definition) is 4. The molecule has 116 valence electrons. The minimum atomic E-state index is -1.13. The average molecular weight is 303 g/mol. The molecule has 1 heterocycles. The van der Waals surface area contributed by atoms with Gasteiger partial charge in [-0.05, 0) is 25.0 Å². The van der Waals surface area contributed by atoms with Crippen LogP contribution < -0.4 is 10.1 Å². The van der Waals surface area contributed by atoms with Gasteiger partial charge in [0.05, 0.1) is 12.7 Å². The van der Waals surface area contributed by atoms with E-state index in [2.05, 4.69) is 5.32 Å². The van der Waals surface area contributed by atoms with Crippen molar-refractivity contribution in [1.29, 1.82) is 0 Å². The molecular weight excluding hydrogens is 286 g/mol. The van der Waals surface area contributed by atoms with Crippen molar-refractivity contribution in [2.75, 3.05) is 13.7 Å². The maximum absolute atomic E-state index is 11.9. The molecule has 0 aliphatic carbocycles. The van der Waals surface area contributed by atoms with Crippen LogP contribution in [0.5, 0.6) is 5.75 Å². The maximum Gasteiger partial charge on any atom is 0.338 e. The van der Waals surface area contributed by atoms with Gasteiger partial charge in [0.1, 0.15) is 12.0 Å². The summed E-state index contributed by atoms with van der Waals surface area (Å²) in [6.45, 7) is 2.37. The summed E-state index contributed by atoms with van der Waals surface area (Å²) in [6.07, 6.45) is 1.64. The van der Waals surface area contributed by atoms with Crippen molar-refractivity contribution in [2.24, 2.45) is 0 Å². The Kier molecular flexibility index (Phi) is 4.83. The standard InChI is InChI=1S/C16H17NO5/c1-10-3-4-13(21-2)11(7-10)5-6-17-15(18)14-8-12(9-22-14)16(19)20/h3-4,7-9H,5-6H2,1-2H3,(H,17,18)(H,19,20). The number of benzene rings is 1. The van der Waals surface area contributed by atoms with Crippen LogP contribution >= 0.6 is 0 Å². The second kappa shape index (κ2) is 6.80. The van der Waals surface area contributed by atoms with Crippen molar-refractivity contribution in [1.82, 2.24) is 5.32 Å². The first-order valence-electron chi connectivity index (χ1n) is 6.75. The lowest BCUT2D eigenvalue weighted by Crippen LogP contribution is -2.25. The minimum Gasteiger partial charge on any atom is -0.496 e. The molecule has 6 nitrogen and oxygen atoms in total. The smallest absolute Gasteiger partial charge is 0.338 e. The molecule has 22 heavy (non-hydrogen) atoms. The predicted octanol–water partition coefficient (Wildman–Crippen LogP) is 2.27. The Morgan fingerprint density at radius 3 is 2.73 bits per heavy atom. The third kappa shape index (κ3) is 3.66. The monoisotopic (exact) mass is 303 g/mol. The van der Waals surface area contributed by atoms with Crippen LogP contribution in [0.15, 0.2) is 34.9 Å². The summed E-state index contributed by atoms with van der Waals surface area (Å²) in [5.74, 6) is -0.828. The Bertz CT molecular complexity index is 690. The van der Waals surface area contributed by atoms with Gasteiger partial charge in [-0.15, -0.1) is 0 Å². The van der Waals surface area contributed by atoms with Gasteiger partial charge < -0.3 is 19.6 Å². The molecule has 1 aromatic carbocycles. The summed E-state index contributed by atoms with van der Waals surface area (Å²) in [7, 11) is 1.60. The second-order valence-electron chi connectivity index (χ2n) is 4.83. The van der Waals surface area contributed by atoms with Gasteiger partial charge in [0.25, 0.3) is 5.91 Å². The Morgan fingerprint density at radius 1 is 1.32 bits per heavy atom. The van der Waals surface area contributed by atoms with Crippen LogP contribution in [-0.2, 0) is 6.42 Å². The fourth-order valence-corrected chi connectivity index (χ4v) is 2.07. The Morgan fingerprint density at radius 2 is 2.09 bits per heavy atom. The quantitative estimate of drug-likeness (QED) is 0.854. The SMILES string of the molecule is COc1ccc(C)cc1CCNC(=O)c1cc(C(=O)O)co1. The van der Waals surface area contributed by atoms with E-state index in [4.69, 9.17) is 14.3 Å². The fourth-order valence-electron chi connectivity index (χ4n) is 2.07. The third-order valence-electron chi connectivity index (χ3n) is 3.19. The van der Waals surface area contributed by atoms with Crippen LogP contribution in [0.25, 0.3) is 0 Å². The van der Waals surface area contributed by atoms with Crippen LogP contribution in [0.3, 0.4) is 0 Å². The largest absolute Gasteiger partial charge is 0.496 e. The highest BCUT2D eigenvalue weighted by atomic mass is 16.5. The van der Waals surface area contributed by atoms with Gasteiger partial charge >= 0.3 is 5.97 Å². The van der Waals surface area contributed by atoms with Crippen LogP contribution in [0.1, 0.15) is 32.0 Å². The van der Waals surface area contributed by atoms with Crippen LogP contribution in [0.2, 0.25) is 0 Å². The van der Waals surface area contributed by atoms with Crippen LogP contribution in [0, 0.1) is 6.92 Å². The van der Waals surface area contributed by atoms with Gasteiger partial charge in [-0.2, -0.15) is 0 Å². The molecule has 2 rings (SSSR count). The van der Waals surface area contributed by atoms with E-state index in [1.165, 1.54) is 6.07 Å². The summed E-state index contributed by atoms with van der Waals surface area (Å²) in [5.41, 5.74) is 2.05. The number of carboxylic acid groups (broad SMARTS) is 1. The van der Waals surface area contributed by atoms with E-state index in [9.17, 15) is 9.59 Å². The molecule has 0 atom stereocenters. The summed E-state index contributed by atoms with van der Waals surface area (Å²) in [4.78, 5) is 22.6. The van der Waals surface area contributed by atoms with E-state index in [1.54, 1.807) is 7.11 Å². The number of ether oxygens (including phenoxy) is 1. The van der Waals surface area contributed by atoms with Crippen molar-refractivity contribution < 1.29 is 23.8 Å². The van der Waals surface area contributed by atoms with Crippen molar-refractivity contribution in [3.8, 4) is 5.75 Å². The molecule has 1 amide bonds. The molecule has 0 saturated heterocycles. The molecule has 6 heteroatoms. The van der Waals surface area contributed by atoms with E-state index in [1.807, 2.05) is 25.1 Å². The van der Waals surface area contributed by atoms with Crippen molar-refractivity contribution >= 4 is 11.9 Å². The number of hydrogen-bond donors (Lipinski definition) is 2. The molecule has 0 saturated carbocycles. The molecular formula is C16H17NO5. The summed E-state index contributed by atoms with van der Waals surface area (Å²) >= 11 is 0. The van der Waals surface area contributed by atoms with Gasteiger partial charge in [-0.25, -0.2) is 4.79 Å². The number of rotatable bonds is 6. The highest BCUT2D eigenvalue weighted by Gasteiger charge is 2.14. The molecule has 0 radical (unpaired) electrons. The number of carboxylic acids is 1.